The molecule has 4 heteroatoms. The lowest BCUT2D eigenvalue weighted by Gasteiger charge is -2.20. The van der Waals surface area contributed by atoms with Crippen LogP contribution in [0.3, 0.4) is 0 Å². The van der Waals surface area contributed by atoms with Crippen molar-refractivity contribution in [2.75, 3.05) is 19.7 Å². The van der Waals surface area contributed by atoms with E-state index in [0.717, 1.165) is 19.7 Å². The molecule has 0 aromatic rings. The van der Waals surface area contributed by atoms with E-state index in [2.05, 4.69) is 11.4 Å². The third-order valence-electron chi connectivity index (χ3n) is 1.32. The number of nitrogens with one attached hydrogen (secondary N) is 1. The number of hydrogen-bond acceptors (Lipinski definition) is 3. The summed E-state index contributed by atoms with van der Waals surface area (Å²) in [4.78, 5) is 0. The monoisotopic (exact) mass is 162 g/mol. The molecule has 1 N–H and O–H groups in total. The van der Waals surface area contributed by atoms with Gasteiger partial charge in [0.2, 0.25) is 0 Å². The predicted octanol–water partition coefficient (Wildman–Crippen LogP) is 0.310. The number of nitrogens with zero attached hydrogens (tertiary/aromatic N) is 1. The molecule has 1 heterocycles. The molecule has 1 atom stereocenters. The Kier molecular flexibility index (Phi) is 5.32. The summed E-state index contributed by atoms with van der Waals surface area (Å²) >= 11 is 0. The van der Waals surface area contributed by atoms with Crippen molar-refractivity contribution in [2.24, 2.45) is 0 Å². The van der Waals surface area contributed by atoms with E-state index in [1.54, 1.807) is 0 Å². The second kappa shape index (κ2) is 5.48. The standard InChI is InChI=1S/C6H10N2O.ClH/c7-2-1-6-5-8-3-4-9-6;/h6,8H,1,3-5H2;1H. The van der Waals surface area contributed by atoms with Gasteiger partial charge < -0.3 is 10.1 Å². The lowest BCUT2D eigenvalue weighted by atomic mass is 10.2. The maximum atomic E-state index is 8.26. The summed E-state index contributed by atoms with van der Waals surface area (Å²) in [6, 6.07) is 2.07. The highest BCUT2D eigenvalue weighted by atomic mass is 35.5. The largest absolute Gasteiger partial charge is 0.375 e. The first kappa shape index (κ1) is 9.70. The molecule has 3 nitrogen and oxygen atoms in total. The Morgan fingerprint density at radius 3 is 3.00 bits per heavy atom. The number of nitriles is 1. The van der Waals surface area contributed by atoms with Gasteiger partial charge in [-0.3, -0.25) is 0 Å². The molecule has 0 radical (unpaired) electrons. The van der Waals surface area contributed by atoms with Crippen molar-refractivity contribution in [1.82, 2.24) is 5.32 Å². The van der Waals surface area contributed by atoms with Crippen LogP contribution in [-0.4, -0.2) is 25.8 Å². The molecule has 10 heavy (non-hydrogen) atoms. The smallest absolute Gasteiger partial charge is 0.0829 e. The lowest BCUT2D eigenvalue weighted by molar-refractivity contribution is 0.0319. The van der Waals surface area contributed by atoms with Crippen LogP contribution in [0, 0.1) is 11.3 Å². The summed E-state index contributed by atoms with van der Waals surface area (Å²) in [5, 5.41) is 11.4. The highest BCUT2D eigenvalue weighted by Crippen LogP contribution is 1.98. The SMILES string of the molecule is Cl.N#CCC1CNCCO1. The summed E-state index contributed by atoms with van der Waals surface area (Å²) in [7, 11) is 0. The zero-order chi connectivity index (χ0) is 6.53. The maximum Gasteiger partial charge on any atom is 0.0829 e. The van der Waals surface area contributed by atoms with Gasteiger partial charge in [-0.2, -0.15) is 5.26 Å². The molecule has 0 aromatic carbocycles. The van der Waals surface area contributed by atoms with Gasteiger partial charge in [-0.05, 0) is 0 Å². The van der Waals surface area contributed by atoms with Gasteiger partial charge in [0.25, 0.3) is 0 Å². The summed E-state index contributed by atoms with van der Waals surface area (Å²) < 4.78 is 5.23. The van der Waals surface area contributed by atoms with E-state index in [1.807, 2.05) is 0 Å². The van der Waals surface area contributed by atoms with E-state index >= 15 is 0 Å². The minimum absolute atomic E-state index is 0. The molecule has 1 aliphatic rings. The van der Waals surface area contributed by atoms with Crippen molar-refractivity contribution in [3.8, 4) is 6.07 Å². The average Bonchev–Trinajstić information content (AvgIpc) is 1.91. The van der Waals surface area contributed by atoms with Gasteiger partial charge in [0, 0.05) is 13.1 Å². The number of morpholine rings is 1. The van der Waals surface area contributed by atoms with Crippen LogP contribution in [0.5, 0.6) is 0 Å². The van der Waals surface area contributed by atoms with E-state index < -0.39 is 0 Å². The van der Waals surface area contributed by atoms with Crippen LogP contribution in [0.1, 0.15) is 6.42 Å². The Morgan fingerprint density at radius 2 is 2.50 bits per heavy atom. The molecular formula is C6H11ClN2O. The van der Waals surface area contributed by atoms with Crippen LogP contribution in [0.2, 0.25) is 0 Å². The summed E-state index contributed by atoms with van der Waals surface area (Å²) in [5.41, 5.74) is 0. The molecule has 1 aliphatic heterocycles. The van der Waals surface area contributed by atoms with Crippen LogP contribution >= 0.6 is 12.4 Å². The first-order valence-corrected chi connectivity index (χ1v) is 3.13. The summed E-state index contributed by atoms with van der Waals surface area (Å²) in [6.07, 6.45) is 0.635. The van der Waals surface area contributed by atoms with E-state index in [-0.39, 0.29) is 18.5 Å². The van der Waals surface area contributed by atoms with Crippen molar-refractivity contribution >= 4 is 12.4 Å². The molecule has 0 aliphatic carbocycles. The van der Waals surface area contributed by atoms with E-state index in [1.165, 1.54) is 0 Å². The molecule has 1 rings (SSSR count). The molecule has 1 unspecified atom stereocenters. The molecule has 0 bridgehead atoms. The van der Waals surface area contributed by atoms with Crippen molar-refractivity contribution in [2.45, 2.75) is 12.5 Å². The Hall–Kier alpha value is -0.300. The normalized spacial score (nSPS) is 24.5. The molecule has 58 valence electrons. The van der Waals surface area contributed by atoms with Crippen LogP contribution in [0.25, 0.3) is 0 Å². The summed E-state index contributed by atoms with van der Waals surface area (Å²) in [6.45, 7) is 2.49. The predicted molar refractivity (Wildman–Crippen MR) is 40.1 cm³/mol. The second-order valence-corrected chi connectivity index (χ2v) is 2.06. The fourth-order valence-corrected chi connectivity index (χ4v) is 0.853. The minimum atomic E-state index is 0. The van der Waals surface area contributed by atoms with Crippen LogP contribution in [0.4, 0.5) is 0 Å². The Morgan fingerprint density at radius 1 is 1.70 bits per heavy atom. The van der Waals surface area contributed by atoms with E-state index in [4.69, 9.17) is 10.00 Å². The summed E-state index contributed by atoms with van der Waals surface area (Å²) in [5.74, 6) is 0. The van der Waals surface area contributed by atoms with Gasteiger partial charge in [-0.25, -0.2) is 0 Å². The van der Waals surface area contributed by atoms with Gasteiger partial charge in [0.05, 0.1) is 25.2 Å². The van der Waals surface area contributed by atoms with Gasteiger partial charge >= 0.3 is 0 Å². The third kappa shape index (κ3) is 3.02. The number of ether oxygens (including phenoxy) is 1. The Bertz CT molecular complexity index is 117. The van der Waals surface area contributed by atoms with Gasteiger partial charge in [0.15, 0.2) is 0 Å². The fourth-order valence-electron chi connectivity index (χ4n) is 0.853. The van der Waals surface area contributed by atoms with Crippen LogP contribution < -0.4 is 5.32 Å². The quantitative estimate of drug-likeness (QED) is 0.604. The highest BCUT2D eigenvalue weighted by Gasteiger charge is 2.11. The highest BCUT2D eigenvalue weighted by molar-refractivity contribution is 5.85. The van der Waals surface area contributed by atoms with E-state index in [0.29, 0.717) is 6.42 Å². The van der Waals surface area contributed by atoms with Crippen molar-refractivity contribution < 1.29 is 4.74 Å². The Labute approximate surface area is 66.8 Å². The fraction of sp³-hybridized carbons (Fsp3) is 0.833. The molecule has 0 amide bonds. The number of rotatable bonds is 1. The first-order valence-electron chi connectivity index (χ1n) is 3.13. The second-order valence-electron chi connectivity index (χ2n) is 2.06. The average molecular weight is 163 g/mol. The van der Waals surface area contributed by atoms with Crippen LogP contribution in [-0.2, 0) is 4.74 Å². The Balaban J connectivity index is 0.000000810. The van der Waals surface area contributed by atoms with Crippen molar-refractivity contribution in [1.29, 1.82) is 5.26 Å². The minimum Gasteiger partial charge on any atom is -0.375 e. The number of halogens is 1. The van der Waals surface area contributed by atoms with E-state index in [9.17, 15) is 0 Å². The molecule has 0 saturated carbocycles. The molecule has 1 fully saturated rings. The zero-order valence-corrected chi connectivity index (χ0v) is 6.49. The lowest BCUT2D eigenvalue weighted by Crippen LogP contribution is -2.38. The number of hydrogen-bond donors (Lipinski definition) is 1. The van der Waals surface area contributed by atoms with Crippen molar-refractivity contribution in [3.05, 3.63) is 0 Å². The molecule has 1 saturated heterocycles. The molecule has 0 spiro atoms. The zero-order valence-electron chi connectivity index (χ0n) is 5.67. The maximum absolute atomic E-state index is 8.26. The van der Waals surface area contributed by atoms with Crippen LogP contribution in [0.15, 0.2) is 0 Å². The van der Waals surface area contributed by atoms with Crippen molar-refractivity contribution in [3.63, 3.8) is 0 Å². The first-order chi connectivity index (χ1) is 4.43. The molecular weight excluding hydrogens is 152 g/mol. The van der Waals surface area contributed by atoms with Gasteiger partial charge in [0.1, 0.15) is 0 Å². The molecule has 0 aromatic heterocycles. The van der Waals surface area contributed by atoms with Gasteiger partial charge in [-0.15, -0.1) is 12.4 Å². The third-order valence-corrected chi connectivity index (χ3v) is 1.32. The van der Waals surface area contributed by atoms with Gasteiger partial charge in [-0.1, -0.05) is 0 Å². The topological polar surface area (TPSA) is 45.0 Å².